The second kappa shape index (κ2) is 7.31. The lowest BCUT2D eigenvalue weighted by Gasteiger charge is -2.43. The fourth-order valence-electron chi connectivity index (χ4n) is 3.64. The lowest BCUT2D eigenvalue weighted by atomic mass is 9.81. The van der Waals surface area contributed by atoms with E-state index in [4.69, 9.17) is 9.47 Å². The van der Waals surface area contributed by atoms with Crippen molar-refractivity contribution >= 4 is 21.7 Å². The van der Waals surface area contributed by atoms with Crippen LogP contribution in [0, 0.1) is 5.92 Å². The van der Waals surface area contributed by atoms with E-state index in [0.717, 1.165) is 12.8 Å². The highest BCUT2D eigenvalue weighted by molar-refractivity contribution is 7.92. The van der Waals surface area contributed by atoms with Gasteiger partial charge in [-0.1, -0.05) is 12.1 Å². The fourth-order valence-corrected chi connectivity index (χ4v) is 5.14. The van der Waals surface area contributed by atoms with Crippen LogP contribution in [0.3, 0.4) is 0 Å². The van der Waals surface area contributed by atoms with Gasteiger partial charge in [-0.25, -0.2) is 13.2 Å². The van der Waals surface area contributed by atoms with E-state index in [-0.39, 0.29) is 28.5 Å². The van der Waals surface area contributed by atoms with E-state index in [1.54, 1.807) is 12.1 Å². The Labute approximate surface area is 147 Å². The predicted molar refractivity (Wildman–Crippen MR) is 92.3 cm³/mol. The van der Waals surface area contributed by atoms with Crippen molar-refractivity contribution in [3.05, 3.63) is 29.8 Å². The van der Waals surface area contributed by atoms with Gasteiger partial charge in [-0.15, -0.1) is 0 Å². The average molecular weight is 369 g/mol. The molecule has 3 rings (SSSR count). The molecule has 1 atom stereocenters. The SMILES string of the molecule is O=C(O)c1ccccc1NS(=O)(=O)CC1CCOC2(CCOCC2)C1. The summed E-state index contributed by atoms with van der Waals surface area (Å²) in [6.07, 6.45) is 2.96. The molecule has 0 amide bonds. The second-order valence-corrected chi connectivity index (χ2v) is 8.50. The number of carbonyl (C=O) groups is 1. The molecule has 138 valence electrons. The molecule has 0 radical (unpaired) electrons. The molecule has 7 nitrogen and oxygen atoms in total. The van der Waals surface area contributed by atoms with Crippen LogP contribution >= 0.6 is 0 Å². The molecule has 2 N–H and O–H groups in total. The molecule has 2 heterocycles. The van der Waals surface area contributed by atoms with Crippen LogP contribution in [0.5, 0.6) is 0 Å². The van der Waals surface area contributed by atoms with Crippen molar-refractivity contribution in [2.45, 2.75) is 31.3 Å². The maximum atomic E-state index is 12.5. The number of benzene rings is 1. The van der Waals surface area contributed by atoms with E-state index >= 15 is 0 Å². The minimum atomic E-state index is -3.65. The quantitative estimate of drug-likeness (QED) is 0.824. The van der Waals surface area contributed by atoms with E-state index in [1.165, 1.54) is 12.1 Å². The van der Waals surface area contributed by atoms with Crippen LogP contribution in [-0.2, 0) is 19.5 Å². The Bertz CT molecular complexity index is 721. The van der Waals surface area contributed by atoms with E-state index in [9.17, 15) is 18.3 Å². The van der Waals surface area contributed by atoms with Crippen LogP contribution in [0.25, 0.3) is 0 Å². The molecule has 2 saturated heterocycles. The predicted octanol–water partition coefficient (Wildman–Crippen LogP) is 2.10. The molecule has 1 spiro atoms. The number of hydrogen-bond acceptors (Lipinski definition) is 5. The van der Waals surface area contributed by atoms with Crippen molar-refractivity contribution in [2.24, 2.45) is 5.92 Å². The zero-order valence-electron chi connectivity index (χ0n) is 13.9. The maximum Gasteiger partial charge on any atom is 0.337 e. The van der Waals surface area contributed by atoms with Gasteiger partial charge < -0.3 is 14.6 Å². The lowest BCUT2D eigenvalue weighted by molar-refractivity contribution is -0.144. The number of para-hydroxylation sites is 1. The van der Waals surface area contributed by atoms with Gasteiger partial charge in [0.2, 0.25) is 10.0 Å². The highest BCUT2D eigenvalue weighted by atomic mass is 32.2. The first-order valence-corrected chi connectivity index (χ1v) is 10.1. The molecule has 2 fully saturated rings. The standard InChI is InChI=1S/C17H23NO6S/c19-16(20)14-3-1-2-4-15(14)18-25(21,22)12-13-5-8-24-17(11-13)6-9-23-10-7-17/h1-4,13,18H,5-12H2,(H,19,20). The molecule has 1 unspecified atom stereocenters. The van der Waals surface area contributed by atoms with Crippen LogP contribution in [0.1, 0.15) is 36.0 Å². The van der Waals surface area contributed by atoms with Crippen molar-refractivity contribution in [3.8, 4) is 0 Å². The number of hydrogen-bond donors (Lipinski definition) is 2. The van der Waals surface area contributed by atoms with Gasteiger partial charge in [-0.2, -0.15) is 0 Å². The summed E-state index contributed by atoms with van der Waals surface area (Å²) in [6.45, 7) is 1.83. The van der Waals surface area contributed by atoms with Crippen LogP contribution in [0.15, 0.2) is 24.3 Å². The van der Waals surface area contributed by atoms with Gasteiger partial charge in [-0.3, -0.25) is 4.72 Å². The van der Waals surface area contributed by atoms with Crippen molar-refractivity contribution in [1.82, 2.24) is 0 Å². The number of ether oxygens (including phenoxy) is 2. The average Bonchev–Trinajstić information content (AvgIpc) is 2.55. The number of nitrogens with one attached hydrogen (secondary N) is 1. The Kier molecular flexibility index (Phi) is 5.31. The molecular formula is C17H23NO6S. The summed E-state index contributed by atoms with van der Waals surface area (Å²) < 4.78 is 38.9. The third-order valence-electron chi connectivity index (χ3n) is 4.88. The van der Waals surface area contributed by atoms with E-state index in [0.29, 0.717) is 32.7 Å². The number of aromatic carboxylic acids is 1. The summed E-state index contributed by atoms with van der Waals surface area (Å²) in [4.78, 5) is 11.2. The fraction of sp³-hybridized carbons (Fsp3) is 0.588. The molecule has 0 aromatic heterocycles. The summed E-state index contributed by atoms with van der Waals surface area (Å²) >= 11 is 0. The Morgan fingerprint density at radius 1 is 1.24 bits per heavy atom. The summed E-state index contributed by atoms with van der Waals surface area (Å²) in [7, 11) is -3.65. The smallest absolute Gasteiger partial charge is 0.337 e. The largest absolute Gasteiger partial charge is 0.478 e. The first-order chi connectivity index (χ1) is 11.9. The van der Waals surface area contributed by atoms with Gasteiger partial charge in [0.15, 0.2) is 0 Å². The van der Waals surface area contributed by atoms with Crippen LogP contribution in [-0.4, -0.2) is 50.7 Å². The highest BCUT2D eigenvalue weighted by Gasteiger charge is 2.40. The summed E-state index contributed by atoms with van der Waals surface area (Å²) in [5, 5.41) is 9.19. The van der Waals surface area contributed by atoms with Crippen LogP contribution < -0.4 is 4.72 Å². The zero-order valence-corrected chi connectivity index (χ0v) is 14.8. The molecule has 0 aliphatic carbocycles. The van der Waals surface area contributed by atoms with Crippen molar-refractivity contribution in [2.75, 3.05) is 30.3 Å². The van der Waals surface area contributed by atoms with Gasteiger partial charge >= 0.3 is 5.97 Å². The molecule has 8 heteroatoms. The molecule has 0 saturated carbocycles. The third kappa shape index (κ3) is 4.50. The molecule has 1 aromatic carbocycles. The van der Waals surface area contributed by atoms with Crippen molar-refractivity contribution < 1.29 is 27.8 Å². The molecule has 0 bridgehead atoms. The highest BCUT2D eigenvalue weighted by Crippen LogP contribution is 2.37. The van der Waals surface area contributed by atoms with Gasteiger partial charge in [0.1, 0.15) is 0 Å². The summed E-state index contributed by atoms with van der Waals surface area (Å²) in [5.41, 5.74) is -0.225. The molecular weight excluding hydrogens is 346 g/mol. The monoisotopic (exact) mass is 369 g/mol. The number of sulfonamides is 1. The first-order valence-electron chi connectivity index (χ1n) is 8.44. The Morgan fingerprint density at radius 2 is 1.96 bits per heavy atom. The van der Waals surface area contributed by atoms with E-state index < -0.39 is 16.0 Å². The minimum absolute atomic E-state index is 0.0126. The van der Waals surface area contributed by atoms with E-state index in [1.807, 2.05) is 0 Å². The van der Waals surface area contributed by atoms with E-state index in [2.05, 4.69) is 4.72 Å². The summed E-state index contributed by atoms with van der Waals surface area (Å²) in [6, 6.07) is 6.01. The van der Waals surface area contributed by atoms with Gasteiger partial charge in [0, 0.05) is 19.8 Å². The first kappa shape index (κ1) is 18.2. The molecule has 1 aromatic rings. The van der Waals surface area contributed by atoms with Gasteiger partial charge in [-0.05, 0) is 43.7 Å². The lowest BCUT2D eigenvalue weighted by Crippen LogP contribution is -2.45. The number of rotatable bonds is 5. The zero-order chi connectivity index (χ0) is 17.9. The number of carboxylic acids is 1. The minimum Gasteiger partial charge on any atom is -0.478 e. The van der Waals surface area contributed by atoms with Gasteiger partial charge in [0.05, 0.1) is 22.6 Å². The third-order valence-corrected chi connectivity index (χ3v) is 6.32. The number of anilines is 1. The van der Waals surface area contributed by atoms with Crippen LogP contribution in [0.2, 0.25) is 0 Å². The molecule has 2 aliphatic heterocycles. The van der Waals surface area contributed by atoms with Gasteiger partial charge in [0.25, 0.3) is 0 Å². The maximum absolute atomic E-state index is 12.5. The Morgan fingerprint density at radius 3 is 2.68 bits per heavy atom. The summed E-state index contributed by atoms with van der Waals surface area (Å²) in [5.74, 6) is -1.21. The Hall–Kier alpha value is -1.64. The Balaban J connectivity index is 1.68. The van der Waals surface area contributed by atoms with Crippen molar-refractivity contribution in [1.29, 1.82) is 0 Å². The molecule has 2 aliphatic rings. The van der Waals surface area contributed by atoms with Crippen LogP contribution in [0.4, 0.5) is 5.69 Å². The second-order valence-electron chi connectivity index (χ2n) is 6.74. The topological polar surface area (TPSA) is 102 Å². The molecule has 25 heavy (non-hydrogen) atoms. The van der Waals surface area contributed by atoms with Crippen molar-refractivity contribution in [3.63, 3.8) is 0 Å². The number of carboxylic acid groups (broad SMARTS) is 1. The normalized spacial score (nSPS) is 23.3.